The highest BCUT2D eigenvalue weighted by molar-refractivity contribution is 8.00. The van der Waals surface area contributed by atoms with Crippen LogP contribution in [0.1, 0.15) is 11.4 Å². The van der Waals surface area contributed by atoms with E-state index in [1.165, 1.54) is 10.3 Å². The summed E-state index contributed by atoms with van der Waals surface area (Å²) >= 11 is 3.36. The Morgan fingerprint density at radius 3 is 2.70 bits per heavy atom. The van der Waals surface area contributed by atoms with Crippen LogP contribution in [0.5, 0.6) is 0 Å². The Kier molecular flexibility index (Phi) is 4.21. The predicted octanol–water partition coefficient (Wildman–Crippen LogP) is 4.42. The number of fused-ring (bicyclic) bond motifs is 4. The van der Waals surface area contributed by atoms with Gasteiger partial charge in [-0.3, -0.25) is 4.40 Å². The fraction of sp³-hybridized carbons (Fsp3) is 0.0952. The fourth-order valence-electron chi connectivity index (χ4n) is 3.42. The number of nitrogens with zero attached hydrogens (tertiary/aromatic N) is 7. The molecular weight excluding hydrogens is 414 g/mol. The smallest absolute Gasteiger partial charge is 0.174 e. The molecular formula is C21H15N7S2. The molecule has 9 heteroatoms. The molecule has 6 aromatic rings. The maximum absolute atomic E-state index is 4.68. The van der Waals surface area contributed by atoms with E-state index in [1.54, 1.807) is 29.4 Å². The monoisotopic (exact) mass is 429 g/mol. The Morgan fingerprint density at radius 1 is 0.933 bits per heavy atom. The molecule has 6 rings (SSSR count). The first kappa shape index (κ1) is 17.5. The Bertz CT molecular complexity index is 1450. The summed E-state index contributed by atoms with van der Waals surface area (Å²) < 4.78 is 6.06. The summed E-state index contributed by atoms with van der Waals surface area (Å²) in [5.41, 5.74) is 3.80. The first-order chi connectivity index (χ1) is 14.8. The Morgan fingerprint density at radius 2 is 1.80 bits per heavy atom. The van der Waals surface area contributed by atoms with Crippen LogP contribution in [-0.2, 0) is 12.3 Å². The van der Waals surface area contributed by atoms with Gasteiger partial charge < -0.3 is 0 Å². The normalized spacial score (nSPS) is 11.7. The van der Waals surface area contributed by atoms with E-state index in [4.69, 9.17) is 0 Å². The predicted molar refractivity (Wildman–Crippen MR) is 119 cm³/mol. The summed E-state index contributed by atoms with van der Waals surface area (Å²) in [6.07, 6.45) is 3.61. The molecule has 0 saturated heterocycles. The minimum absolute atomic E-state index is 0.669. The number of thioether (sulfide) groups is 1. The number of hydrogen-bond donors (Lipinski definition) is 0. The molecule has 0 N–H and O–H groups in total. The molecule has 0 atom stereocenters. The van der Waals surface area contributed by atoms with Crippen molar-refractivity contribution in [2.45, 2.75) is 16.6 Å². The first-order valence-corrected chi connectivity index (χ1v) is 11.2. The highest BCUT2D eigenvalue weighted by Crippen LogP contribution is 2.31. The first-order valence-electron chi connectivity index (χ1n) is 9.41. The third kappa shape index (κ3) is 3.03. The van der Waals surface area contributed by atoms with Crippen LogP contribution in [0.3, 0.4) is 0 Å². The topological polar surface area (TPSA) is 73.8 Å². The molecule has 4 aromatic heterocycles. The Hall–Kier alpha value is -3.30. The van der Waals surface area contributed by atoms with Gasteiger partial charge in [-0.05, 0) is 17.7 Å². The Labute approximate surface area is 179 Å². The van der Waals surface area contributed by atoms with Gasteiger partial charge in [-0.25, -0.2) is 14.6 Å². The zero-order chi connectivity index (χ0) is 19.9. The molecule has 30 heavy (non-hydrogen) atoms. The molecule has 0 unspecified atom stereocenters. The zero-order valence-corrected chi connectivity index (χ0v) is 17.3. The third-order valence-electron chi connectivity index (χ3n) is 4.89. The van der Waals surface area contributed by atoms with E-state index >= 15 is 0 Å². The standard InChI is InChI=1S/C21H15N7S2/c1-2-6-14(7-3-1)11-28-19-15(10-23-28)20-26-25-18(27(20)13-22-19)12-29-21-24-16-8-4-5-9-17(16)30-21/h1-10,13H,11-12H2. The van der Waals surface area contributed by atoms with Crippen LogP contribution in [0, 0.1) is 0 Å². The molecule has 0 aliphatic carbocycles. The summed E-state index contributed by atoms with van der Waals surface area (Å²) in [6.45, 7) is 0.669. The van der Waals surface area contributed by atoms with Gasteiger partial charge in [0, 0.05) is 0 Å². The summed E-state index contributed by atoms with van der Waals surface area (Å²) in [6, 6.07) is 18.4. The minimum atomic E-state index is 0.669. The van der Waals surface area contributed by atoms with E-state index in [9.17, 15) is 0 Å². The van der Waals surface area contributed by atoms with Crippen LogP contribution in [0.15, 0.2) is 71.5 Å². The van der Waals surface area contributed by atoms with Crippen LogP contribution in [0.2, 0.25) is 0 Å². The summed E-state index contributed by atoms with van der Waals surface area (Å²) in [5.74, 6) is 1.52. The van der Waals surface area contributed by atoms with Crippen molar-refractivity contribution in [1.82, 2.24) is 34.3 Å². The lowest BCUT2D eigenvalue weighted by atomic mass is 10.2. The Balaban J connectivity index is 1.30. The van der Waals surface area contributed by atoms with Gasteiger partial charge in [0.25, 0.3) is 0 Å². The molecule has 0 spiro atoms. The van der Waals surface area contributed by atoms with Gasteiger partial charge in [-0.1, -0.05) is 54.2 Å². The molecule has 4 heterocycles. The average Bonchev–Trinajstić information content (AvgIpc) is 3.49. The van der Waals surface area contributed by atoms with Crippen molar-refractivity contribution >= 4 is 50.0 Å². The third-order valence-corrected chi connectivity index (χ3v) is 7.06. The van der Waals surface area contributed by atoms with Crippen LogP contribution in [0.25, 0.3) is 26.9 Å². The van der Waals surface area contributed by atoms with Crippen molar-refractivity contribution in [1.29, 1.82) is 0 Å². The quantitative estimate of drug-likeness (QED) is 0.378. The van der Waals surface area contributed by atoms with Crippen molar-refractivity contribution in [3.8, 4) is 0 Å². The van der Waals surface area contributed by atoms with Crippen molar-refractivity contribution in [2.24, 2.45) is 0 Å². The number of aromatic nitrogens is 7. The fourth-order valence-corrected chi connectivity index (χ4v) is 5.41. The van der Waals surface area contributed by atoms with E-state index in [-0.39, 0.29) is 0 Å². The number of thiazole rings is 1. The van der Waals surface area contributed by atoms with Crippen LogP contribution in [0.4, 0.5) is 0 Å². The lowest BCUT2D eigenvalue weighted by Crippen LogP contribution is -2.03. The van der Waals surface area contributed by atoms with Crippen molar-refractivity contribution < 1.29 is 0 Å². The molecule has 0 bridgehead atoms. The number of para-hydroxylation sites is 1. The van der Waals surface area contributed by atoms with E-state index < -0.39 is 0 Å². The lowest BCUT2D eigenvalue weighted by Gasteiger charge is -2.03. The number of benzene rings is 2. The summed E-state index contributed by atoms with van der Waals surface area (Å²) in [7, 11) is 0. The lowest BCUT2D eigenvalue weighted by molar-refractivity contribution is 0.703. The van der Waals surface area contributed by atoms with Gasteiger partial charge in [-0.15, -0.1) is 21.5 Å². The zero-order valence-electron chi connectivity index (χ0n) is 15.7. The van der Waals surface area contributed by atoms with E-state index in [0.717, 1.165) is 32.4 Å². The molecule has 0 saturated carbocycles. The van der Waals surface area contributed by atoms with Gasteiger partial charge in [0.1, 0.15) is 12.2 Å². The second-order valence-electron chi connectivity index (χ2n) is 6.82. The summed E-state index contributed by atoms with van der Waals surface area (Å²) in [4.78, 5) is 9.33. The second kappa shape index (κ2) is 7.19. The second-order valence-corrected chi connectivity index (χ2v) is 9.07. The molecule has 2 aromatic carbocycles. The molecule has 146 valence electrons. The van der Waals surface area contributed by atoms with Gasteiger partial charge >= 0.3 is 0 Å². The van der Waals surface area contributed by atoms with Crippen molar-refractivity contribution in [3.05, 3.63) is 78.5 Å². The molecule has 0 amide bonds. The van der Waals surface area contributed by atoms with Crippen LogP contribution >= 0.6 is 23.1 Å². The minimum Gasteiger partial charge on any atom is -0.268 e. The highest BCUT2D eigenvalue weighted by Gasteiger charge is 2.14. The van der Waals surface area contributed by atoms with E-state index in [2.05, 4.69) is 43.5 Å². The largest absolute Gasteiger partial charge is 0.268 e. The van der Waals surface area contributed by atoms with Gasteiger partial charge in [-0.2, -0.15) is 5.10 Å². The van der Waals surface area contributed by atoms with E-state index in [0.29, 0.717) is 12.3 Å². The highest BCUT2D eigenvalue weighted by atomic mass is 32.2. The SMILES string of the molecule is c1ccc(Cn2ncc3c2ncn2c(CSc4nc5ccccc5s4)nnc32)cc1. The van der Waals surface area contributed by atoms with Gasteiger partial charge in [0.2, 0.25) is 0 Å². The van der Waals surface area contributed by atoms with Crippen molar-refractivity contribution in [2.75, 3.05) is 0 Å². The van der Waals surface area contributed by atoms with Gasteiger partial charge in [0.05, 0.1) is 34.1 Å². The van der Waals surface area contributed by atoms with Crippen LogP contribution < -0.4 is 0 Å². The molecule has 0 aliphatic heterocycles. The van der Waals surface area contributed by atoms with Crippen LogP contribution in [-0.4, -0.2) is 34.3 Å². The molecule has 0 radical (unpaired) electrons. The number of hydrogen-bond acceptors (Lipinski definition) is 7. The van der Waals surface area contributed by atoms with E-state index in [1.807, 2.05) is 51.7 Å². The average molecular weight is 430 g/mol. The molecule has 0 aliphatic rings. The van der Waals surface area contributed by atoms with Crippen molar-refractivity contribution in [3.63, 3.8) is 0 Å². The maximum Gasteiger partial charge on any atom is 0.174 e. The van der Waals surface area contributed by atoms with Gasteiger partial charge in [0.15, 0.2) is 15.6 Å². The maximum atomic E-state index is 4.68. The summed E-state index contributed by atoms with van der Waals surface area (Å²) in [5, 5.41) is 14.2. The molecule has 0 fully saturated rings. The molecule has 7 nitrogen and oxygen atoms in total. The number of rotatable bonds is 5.